The zero-order chi connectivity index (χ0) is 23.8. The first-order chi connectivity index (χ1) is 14.0. The van der Waals surface area contributed by atoms with Crippen molar-refractivity contribution in [1.82, 2.24) is 0 Å². The predicted molar refractivity (Wildman–Crippen MR) is 144 cm³/mol. The lowest BCUT2D eigenvalue weighted by molar-refractivity contribution is -0.119. The fourth-order valence-corrected chi connectivity index (χ4v) is 11.2. The van der Waals surface area contributed by atoms with Gasteiger partial charge in [0.05, 0.1) is 10.00 Å². The highest BCUT2D eigenvalue weighted by atomic mass is 32.2. The Hall–Kier alpha value is -0.393. The van der Waals surface area contributed by atoms with Gasteiger partial charge >= 0.3 is 0 Å². The van der Waals surface area contributed by atoms with Crippen LogP contribution in [0.3, 0.4) is 0 Å². The third-order valence-corrected chi connectivity index (χ3v) is 17.7. The first-order valence-electron chi connectivity index (χ1n) is 11.6. The van der Waals surface area contributed by atoms with E-state index in [2.05, 4.69) is 104 Å². The monoisotopic (exact) mass is 477 g/mol. The van der Waals surface area contributed by atoms with Gasteiger partial charge in [-0.05, 0) is 52.5 Å². The summed E-state index contributed by atoms with van der Waals surface area (Å²) in [6.07, 6.45) is 5.49. The van der Waals surface area contributed by atoms with Gasteiger partial charge in [0.15, 0.2) is 8.24 Å². The van der Waals surface area contributed by atoms with Crippen LogP contribution < -0.4 is 4.57 Å². The Morgan fingerprint density at radius 2 is 1.65 bits per heavy atom. The van der Waals surface area contributed by atoms with E-state index in [4.69, 9.17) is 0 Å². The van der Waals surface area contributed by atoms with E-state index >= 15 is 0 Å². The third kappa shape index (κ3) is 3.47. The topological polar surface area (TPSA) is 20.3 Å². The summed E-state index contributed by atoms with van der Waals surface area (Å²) < 4.78 is 2.32. The maximum Gasteiger partial charge on any atom is 0.225 e. The van der Waals surface area contributed by atoms with Crippen LogP contribution in [0.4, 0.5) is 5.69 Å². The van der Waals surface area contributed by atoms with Gasteiger partial charge in [0, 0.05) is 11.1 Å². The third-order valence-electron chi connectivity index (χ3n) is 8.75. The molecule has 5 heteroatoms. The zero-order valence-electron chi connectivity index (χ0n) is 21.8. The number of hydrogen-bond donors (Lipinski definition) is 0. The lowest BCUT2D eigenvalue weighted by atomic mass is 9.86. The quantitative estimate of drug-likeness (QED) is 0.318. The largest absolute Gasteiger partial charge is 0.340 e. The zero-order valence-corrected chi connectivity index (χ0v) is 24.4. The maximum atomic E-state index is 14.6. The predicted octanol–water partition coefficient (Wildman–Crippen LogP) is 7.89. The van der Waals surface area contributed by atoms with Crippen LogP contribution in [-0.2, 0) is 10.2 Å². The standard InChI is InChI=1S/C26H43NOS2Si/c1-17-16-24(5,6)18-14-13-15-19(20(17)18)27(31(11,12)23(2,3)4)22(28)21-25(7,8)26(21,29-9)30-10/h13-15,17,21H,16H2,1-12H3. The van der Waals surface area contributed by atoms with Gasteiger partial charge in [0.25, 0.3) is 0 Å². The molecule has 2 unspecified atom stereocenters. The summed E-state index contributed by atoms with van der Waals surface area (Å²) in [5.41, 5.74) is 4.21. The molecule has 3 rings (SSSR count). The highest BCUT2D eigenvalue weighted by molar-refractivity contribution is 8.18. The Morgan fingerprint density at radius 1 is 1.10 bits per heavy atom. The van der Waals surface area contributed by atoms with Crippen molar-refractivity contribution in [2.75, 3.05) is 17.1 Å². The number of amides is 1. The van der Waals surface area contributed by atoms with Gasteiger partial charge in [-0.3, -0.25) is 4.79 Å². The molecule has 31 heavy (non-hydrogen) atoms. The summed E-state index contributed by atoms with van der Waals surface area (Å²) >= 11 is 3.74. The number of rotatable bonds is 5. The number of nitrogens with zero attached hydrogens (tertiary/aromatic N) is 1. The van der Waals surface area contributed by atoms with Crippen molar-refractivity contribution >= 4 is 43.4 Å². The fourth-order valence-electron chi connectivity index (χ4n) is 5.99. The molecular formula is C26H43NOS2Si. The number of hydrogen-bond acceptors (Lipinski definition) is 3. The summed E-state index contributed by atoms with van der Waals surface area (Å²) in [6, 6.07) is 6.73. The van der Waals surface area contributed by atoms with Gasteiger partial charge < -0.3 is 4.57 Å². The minimum Gasteiger partial charge on any atom is -0.340 e. The number of anilines is 1. The minimum atomic E-state index is -2.17. The van der Waals surface area contributed by atoms with Crippen molar-refractivity contribution < 1.29 is 4.79 Å². The molecule has 0 radical (unpaired) electrons. The van der Waals surface area contributed by atoms with Crippen molar-refractivity contribution in [2.45, 2.75) is 95.4 Å². The summed E-state index contributed by atoms with van der Waals surface area (Å²) in [4.78, 5) is 14.6. The highest BCUT2D eigenvalue weighted by Gasteiger charge is 2.75. The molecule has 0 aromatic heterocycles. The smallest absolute Gasteiger partial charge is 0.225 e. The van der Waals surface area contributed by atoms with Gasteiger partial charge in [-0.15, -0.1) is 23.5 Å². The molecule has 0 aliphatic heterocycles. The lowest BCUT2D eigenvalue weighted by Crippen LogP contribution is -2.59. The molecular weight excluding hydrogens is 435 g/mol. The number of thioether (sulfide) groups is 2. The molecule has 2 atom stereocenters. The minimum absolute atomic E-state index is 0.00757. The van der Waals surface area contributed by atoms with Crippen molar-refractivity contribution in [3.05, 3.63) is 29.3 Å². The Labute approximate surface area is 200 Å². The van der Waals surface area contributed by atoms with Gasteiger partial charge in [-0.25, -0.2) is 0 Å². The van der Waals surface area contributed by atoms with Crippen molar-refractivity contribution in [2.24, 2.45) is 11.3 Å². The number of benzene rings is 1. The van der Waals surface area contributed by atoms with Gasteiger partial charge in [-0.2, -0.15) is 0 Å². The Morgan fingerprint density at radius 3 is 2.10 bits per heavy atom. The normalized spacial score (nSPS) is 25.8. The number of carbonyl (C=O) groups is 1. The molecule has 2 nitrogen and oxygen atoms in total. The van der Waals surface area contributed by atoms with E-state index in [0.717, 1.165) is 6.42 Å². The average Bonchev–Trinajstić information content (AvgIpc) is 3.03. The van der Waals surface area contributed by atoms with E-state index in [1.54, 1.807) is 0 Å². The van der Waals surface area contributed by atoms with E-state index in [9.17, 15) is 4.79 Å². The summed E-state index contributed by atoms with van der Waals surface area (Å²) in [5, 5.41) is 0.0726. The first-order valence-corrected chi connectivity index (χ1v) is 17.0. The SMILES string of the molecule is CSC1(SC)C(C(=O)N(c2cccc3c2C(C)CC3(C)C)[Si](C)(C)C(C)(C)C)C1(C)C. The van der Waals surface area contributed by atoms with Crippen LogP contribution in [0.15, 0.2) is 18.2 Å². The second kappa shape index (κ2) is 7.56. The van der Waals surface area contributed by atoms with Crippen molar-refractivity contribution in [3.8, 4) is 0 Å². The van der Waals surface area contributed by atoms with E-state index in [-0.39, 0.29) is 25.9 Å². The molecule has 0 bridgehead atoms. The summed E-state index contributed by atoms with van der Waals surface area (Å²) in [7, 11) is -2.17. The number of carbonyl (C=O) groups excluding carboxylic acids is 1. The molecule has 0 N–H and O–H groups in total. The average molecular weight is 478 g/mol. The van der Waals surface area contributed by atoms with Crippen LogP contribution in [0.2, 0.25) is 18.1 Å². The lowest BCUT2D eigenvalue weighted by Gasteiger charge is -2.47. The molecule has 1 saturated carbocycles. The Bertz CT molecular complexity index is 880. The van der Waals surface area contributed by atoms with Crippen LogP contribution >= 0.6 is 23.5 Å². The number of fused-ring (bicyclic) bond motifs is 1. The van der Waals surface area contributed by atoms with Crippen LogP contribution in [0, 0.1) is 11.3 Å². The van der Waals surface area contributed by atoms with Crippen LogP contribution in [0.1, 0.15) is 78.9 Å². The van der Waals surface area contributed by atoms with Crippen LogP contribution in [-0.4, -0.2) is 30.7 Å². The van der Waals surface area contributed by atoms with Crippen LogP contribution in [0.5, 0.6) is 0 Å². The molecule has 1 fully saturated rings. The molecule has 2 aliphatic carbocycles. The molecule has 0 saturated heterocycles. The maximum absolute atomic E-state index is 14.6. The molecule has 1 aromatic carbocycles. The molecule has 2 aliphatic rings. The fraction of sp³-hybridized carbons (Fsp3) is 0.731. The highest BCUT2D eigenvalue weighted by Crippen LogP contribution is 2.74. The first kappa shape index (κ1) is 25.2. The van der Waals surface area contributed by atoms with Crippen molar-refractivity contribution in [3.63, 3.8) is 0 Å². The molecule has 174 valence electrons. The van der Waals surface area contributed by atoms with Gasteiger partial charge in [0.1, 0.15) is 0 Å². The van der Waals surface area contributed by atoms with E-state index in [0.29, 0.717) is 11.8 Å². The van der Waals surface area contributed by atoms with Gasteiger partial charge in [-0.1, -0.05) is 80.6 Å². The summed E-state index contributed by atoms with van der Waals surface area (Å²) in [5.74, 6) is 0.865. The summed E-state index contributed by atoms with van der Waals surface area (Å²) in [6.45, 7) is 23.4. The second-order valence-corrected chi connectivity index (χ2v) is 19.9. The van der Waals surface area contributed by atoms with E-state index in [1.807, 2.05) is 23.5 Å². The Balaban J connectivity index is 2.23. The molecule has 1 aromatic rings. The molecule has 1 amide bonds. The van der Waals surface area contributed by atoms with E-state index in [1.165, 1.54) is 16.8 Å². The van der Waals surface area contributed by atoms with E-state index < -0.39 is 8.24 Å². The van der Waals surface area contributed by atoms with Gasteiger partial charge in [0.2, 0.25) is 5.91 Å². The Kier molecular flexibility index (Phi) is 6.15. The molecule has 0 spiro atoms. The van der Waals surface area contributed by atoms with Crippen molar-refractivity contribution in [1.29, 1.82) is 0 Å². The second-order valence-electron chi connectivity index (χ2n) is 12.4. The van der Waals surface area contributed by atoms with Crippen LogP contribution in [0.25, 0.3) is 0 Å². The molecule has 0 heterocycles.